The quantitative estimate of drug-likeness (QED) is 0.565. The SMILES string of the molecule is Cc1ccc(Cl)c(-n2c(C)cc(C(=O)CCl)c2C)c1Cl. The molecule has 5 heteroatoms. The van der Waals surface area contributed by atoms with Gasteiger partial charge >= 0.3 is 0 Å². The lowest BCUT2D eigenvalue weighted by Gasteiger charge is -2.15. The van der Waals surface area contributed by atoms with Crippen molar-refractivity contribution in [3.05, 3.63) is 50.8 Å². The molecule has 2 nitrogen and oxygen atoms in total. The van der Waals surface area contributed by atoms with E-state index in [0.29, 0.717) is 21.3 Å². The number of halogens is 3. The van der Waals surface area contributed by atoms with Gasteiger partial charge in [-0.1, -0.05) is 29.3 Å². The highest BCUT2D eigenvalue weighted by Crippen LogP contribution is 2.34. The number of hydrogen-bond acceptors (Lipinski definition) is 1. The van der Waals surface area contributed by atoms with Crippen LogP contribution in [0.2, 0.25) is 10.0 Å². The summed E-state index contributed by atoms with van der Waals surface area (Å²) in [6.07, 6.45) is 0. The van der Waals surface area contributed by atoms with Crippen LogP contribution in [0.3, 0.4) is 0 Å². The zero-order valence-electron chi connectivity index (χ0n) is 11.4. The normalized spacial score (nSPS) is 10.9. The molecule has 0 spiro atoms. The second kappa shape index (κ2) is 5.80. The summed E-state index contributed by atoms with van der Waals surface area (Å²) in [5, 5.41) is 1.14. The number of alkyl halides is 1. The molecule has 106 valence electrons. The molecule has 0 fully saturated rings. The third-order valence-electron chi connectivity index (χ3n) is 3.34. The highest BCUT2D eigenvalue weighted by molar-refractivity contribution is 6.38. The molecule has 0 atom stereocenters. The van der Waals surface area contributed by atoms with Crippen LogP contribution in [0, 0.1) is 20.8 Å². The third kappa shape index (κ3) is 2.48. The first-order valence-electron chi connectivity index (χ1n) is 6.11. The van der Waals surface area contributed by atoms with E-state index in [9.17, 15) is 4.79 Å². The summed E-state index contributed by atoms with van der Waals surface area (Å²) in [5.74, 6) is -0.148. The lowest BCUT2D eigenvalue weighted by atomic mass is 10.2. The van der Waals surface area contributed by atoms with E-state index in [2.05, 4.69) is 0 Å². The number of nitrogens with zero attached hydrogens (tertiary/aromatic N) is 1. The van der Waals surface area contributed by atoms with Gasteiger partial charge in [0.05, 0.1) is 21.6 Å². The molecule has 0 unspecified atom stereocenters. The topological polar surface area (TPSA) is 22.0 Å². The fourth-order valence-electron chi connectivity index (χ4n) is 2.31. The van der Waals surface area contributed by atoms with E-state index in [1.165, 1.54) is 0 Å². The molecule has 0 saturated heterocycles. The molecule has 1 aromatic carbocycles. The highest BCUT2D eigenvalue weighted by Gasteiger charge is 2.19. The first-order valence-corrected chi connectivity index (χ1v) is 7.40. The Bertz CT molecular complexity index is 689. The van der Waals surface area contributed by atoms with Crippen LogP contribution >= 0.6 is 34.8 Å². The summed E-state index contributed by atoms with van der Waals surface area (Å²) in [6, 6.07) is 5.49. The molecule has 0 saturated carbocycles. The Kier molecular flexibility index (Phi) is 4.48. The van der Waals surface area contributed by atoms with Gasteiger partial charge in [-0.2, -0.15) is 0 Å². The van der Waals surface area contributed by atoms with E-state index in [1.54, 1.807) is 6.07 Å². The molecule has 0 aliphatic heterocycles. The van der Waals surface area contributed by atoms with Crippen molar-refractivity contribution in [3.8, 4) is 5.69 Å². The molecule has 2 rings (SSSR count). The van der Waals surface area contributed by atoms with Crippen LogP contribution in [-0.2, 0) is 0 Å². The van der Waals surface area contributed by atoms with E-state index < -0.39 is 0 Å². The number of hydrogen-bond donors (Lipinski definition) is 0. The van der Waals surface area contributed by atoms with E-state index >= 15 is 0 Å². The van der Waals surface area contributed by atoms with Crippen molar-refractivity contribution in [2.75, 3.05) is 5.88 Å². The largest absolute Gasteiger partial charge is 0.315 e. The molecule has 0 aliphatic rings. The molecule has 1 aromatic heterocycles. The second-order valence-electron chi connectivity index (χ2n) is 4.70. The molecule has 0 amide bonds. The zero-order chi connectivity index (χ0) is 15.0. The summed E-state index contributed by atoms with van der Waals surface area (Å²) in [6.45, 7) is 5.69. The van der Waals surface area contributed by atoms with Gasteiger partial charge in [0.2, 0.25) is 0 Å². The summed E-state index contributed by atoms with van der Waals surface area (Å²) in [7, 11) is 0. The minimum atomic E-state index is -0.106. The summed E-state index contributed by atoms with van der Waals surface area (Å²) >= 11 is 18.3. The number of aryl methyl sites for hydroxylation is 2. The average Bonchev–Trinajstić information content (AvgIpc) is 2.70. The van der Waals surface area contributed by atoms with Gasteiger partial charge in [0.1, 0.15) is 0 Å². The van der Waals surface area contributed by atoms with Crippen LogP contribution in [0.15, 0.2) is 18.2 Å². The van der Waals surface area contributed by atoms with Gasteiger partial charge in [-0.15, -0.1) is 11.6 Å². The zero-order valence-corrected chi connectivity index (χ0v) is 13.7. The Labute approximate surface area is 133 Å². The molecule has 2 aromatic rings. The maximum atomic E-state index is 11.9. The van der Waals surface area contributed by atoms with Crippen LogP contribution in [0.4, 0.5) is 0 Å². The smallest absolute Gasteiger partial charge is 0.179 e. The molecule has 0 N–H and O–H groups in total. The lowest BCUT2D eigenvalue weighted by molar-refractivity contribution is 0.102. The van der Waals surface area contributed by atoms with Crippen molar-refractivity contribution in [1.29, 1.82) is 0 Å². The minimum Gasteiger partial charge on any atom is -0.315 e. The summed E-state index contributed by atoms with van der Waals surface area (Å²) in [5.41, 5.74) is 3.93. The predicted molar refractivity (Wildman–Crippen MR) is 85.1 cm³/mol. The number of Topliss-reactive ketones (excluding diaryl/α,β-unsaturated/α-hetero) is 1. The molecule has 0 radical (unpaired) electrons. The second-order valence-corrected chi connectivity index (χ2v) is 5.76. The number of rotatable bonds is 3. The minimum absolute atomic E-state index is 0.0421. The number of carbonyl (C=O) groups excluding carboxylic acids is 1. The van der Waals surface area contributed by atoms with Gasteiger partial charge in [-0.05, 0) is 38.5 Å². The molecule has 0 bridgehead atoms. The van der Waals surface area contributed by atoms with Crippen molar-refractivity contribution in [2.24, 2.45) is 0 Å². The van der Waals surface area contributed by atoms with Crippen LogP contribution in [0.25, 0.3) is 5.69 Å². The van der Waals surface area contributed by atoms with Crippen molar-refractivity contribution in [3.63, 3.8) is 0 Å². The van der Waals surface area contributed by atoms with Gasteiger partial charge in [-0.25, -0.2) is 0 Å². The van der Waals surface area contributed by atoms with Gasteiger partial charge in [0.25, 0.3) is 0 Å². The Morgan fingerprint density at radius 1 is 1.20 bits per heavy atom. The Balaban J connectivity index is 2.75. The number of carbonyl (C=O) groups is 1. The first-order chi connectivity index (χ1) is 9.38. The third-order valence-corrected chi connectivity index (χ3v) is 4.36. The summed E-state index contributed by atoms with van der Waals surface area (Å²) in [4.78, 5) is 11.9. The van der Waals surface area contributed by atoms with Gasteiger partial charge in [-0.3, -0.25) is 4.79 Å². The van der Waals surface area contributed by atoms with Gasteiger partial charge < -0.3 is 4.57 Å². The Hall–Kier alpha value is -0.960. The van der Waals surface area contributed by atoms with E-state index in [-0.39, 0.29) is 11.7 Å². The van der Waals surface area contributed by atoms with Crippen molar-refractivity contribution in [1.82, 2.24) is 4.57 Å². The molecule has 1 heterocycles. The highest BCUT2D eigenvalue weighted by atomic mass is 35.5. The maximum Gasteiger partial charge on any atom is 0.179 e. The van der Waals surface area contributed by atoms with Crippen molar-refractivity contribution in [2.45, 2.75) is 20.8 Å². The molecule has 0 aliphatic carbocycles. The average molecular weight is 331 g/mol. The van der Waals surface area contributed by atoms with Crippen molar-refractivity contribution >= 4 is 40.6 Å². The van der Waals surface area contributed by atoms with Crippen molar-refractivity contribution < 1.29 is 4.79 Å². The van der Waals surface area contributed by atoms with E-state index in [0.717, 1.165) is 17.0 Å². The van der Waals surface area contributed by atoms with Crippen LogP contribution in [0.1, 0.15) is 27.3 Å². The van der Waals surface area contributed by atoms with Crippen LogP contribution in [-0.4, -0.2) is 16.2 Å². The number of aromatic nitrogens is 1. The number of benzene rings is 1. The molecular weight excluding hydrogens is 317 g/mol. The van der Waals surface area contributed by atoms with Gasteiger partial charge in [0, 0.05) is 17.0 Å². The Morgan fingerprint density at radius 2 is 1.85 bits per heavy atom. The molecular formula is C15H14Cl3NO. The summed E-state index contributed by atoms with van der Waals surface area (Å²) < 4.78 is 1.90. The molecule has 20 heavy (non-hydrogen) atoms. The maximum absolute atomic E-state index is 11.9. The van der Waals surface area contributed by atoms with E-state index in [4.69, 9.17) is 34.8 Å². The lowest BCUT2D eigenvalue weighted by Crippen LogP contribution is -2.05. The number of ketones is 1. The van der Waals surface area contributed by atoms with Crippen LogP contribution in [0.5, 0.6) is 0 Å². The van der Waals surface area contributed by atoms with Crippen LogP contribution < -0.4 is 0 Å². The van der Waals surface area contributed by atoms with E-state index in [1.807, 2.05) is 37.5 Å². The Morgan fingerprint density at radius 3 is 2.45 bits per heavy atom. The monoisotopic (exact) mass is 329 g/mol. The first kappa shape index (κ1) is 15.4. The fraction of sp³-hybridized carbons (Fsp3) is 0.267. The predicted octanol–water partition coefficient (Wildman–Crippen LogP) is 5.13. The van der Waals surface area contributed by atoms with Gasteiger partial charge in [0.15, 0.2) is 5.78 Å². The standard InChI is InChI=1S/C15H14Cl3NO/c1-8-4-5-12(17)15(14(8)18)19-9(2)6-11(10(19)3)13(20)7-16/h4-6H,7H2,1-3H3. The fourth-order valence-corrected chi connectivity index (χ4v) is 2.99.